The lowest BCUT2D eigenvalue weighted by molar-refractivity contribution is -0.167. The summed E-state index contributed by atoms with van der Waals surface area (Å²) in [5, 5.41) is 0. The van der Waals surface area contributed by atoms with Gasteiger partial charge < -0.3 is 14.2 Å². The Morgan fingerprint density at radius 1 is 0.244 bits per heavy atom. The van der Waals surface area contributed by atoms with Crippen LogP contribution in [0, 0.1) is 0 Å². The fourth-order valence-electron chi connectivity index (χ4n) is 10.7. The third-order valence-electron chi connectivity index (χ3n) is 16.2. The molecule has 0 N–H and O–H groups in total. The first kappa shape index (κ1) is 79.1. The van der Waals surface area contributed by atoms with Crippen molar-refractivity contribution < 1.29 is 28.6 Å². The number of allylic oxidation sites excluding steroid dienone is 10. The zero-order valence-electron chi connectivity index (χ0n) is 55.0. The molecule has 0 bridgehead atoms. The van der Waals surface area contributed by atoms with Crippen molar-refractivity contribution in [3.05, 3.63) is 60.8 Å². The zero-order chi connectivity index (χ0) is 59.2. The van der Waals surface area contributed by atoms with Crippen LogP contribution in [0.1, 0.15) is 387 Å². The van der Waals surface area contributed by atoms with Gasteiger partial charge in [0.1, 0.15) is 13.2 Å². The van der Waals surface area contributed by atoms with Crippen LogP contribution >= 0.6 is 0 Å². The van der Waals surface area contributed by atoms with Gasteiger partial charge in [-0.25, -0.2) is 0 Å². The smallest absolute Gasteiger partial charge is 0.306 e. The molecule has 0 saturated heterocycles. The summed E-state index contributed by atoms with van der Waals surface area (Å²) in [4.78, 5) is 38.4. The highest BCUT2D eigenvalue weighted by Gasteiger charge is 2.19. The zero-order valence-corrected chi connectivity index (χ0v) is 55.0. The summed E-state index contributed by atoms with van der Waals surface area (Å²) in [6.07, 6.45) is 91.1. The normalized spacial score (nSPS) is 12.4. The van der Waals surface area contributed by atoms with Crippen molar-refractivity contribution in [1.82, 2.24) is 0 Å². The Bertz CT molecular complexity index is 1460. The quantitative estimate of drug-likeness (QED) is 0.0261. The molecule has 0 aromatic rings. The van der Waals surface area contributed by atoms with Crippen LogP contribution in [0.2, 0.25) is 0 Å². The van der Waals surface area contributed by atoms with Gasteiger partial charge in [-0.1, -0.05) is 319 Å². The van der Waals surface area contributed by atoms with Gasteiger partial charge in [0.25, 0.3) is 0 Å². The Hall–Kier alpha value is -2.89. The average Bonchev–Trinajstić information content (AvgIpc) is 3.47. The molecule has 0 aliphatic heterocycles. The minimum absolute atomic E-state index is 0.0763. The predicted molar refractivity (Wildman–Crippen MR) is 358 cm³/mol. The number of hydrogen-bond acceptors (Lipinski definition) is 6. The fourth-order valence-corrected chi connectivity index (χ4v) is 10.7. The highest BCUT2D eigenvalue weighted by Crippen LogP contribution is 2.18. The lowest BCUT2D eigenvalue weighted by Gasteiger charge is -2.18. The second-order valence-corrected chi connectivity index (χ2v) is 24.5. The molecule has 0 radical (unpaired) electrons. The summed E-state index contributed by atoms with van der Waals surface area (Å²) in [5.41, 5.74) is 0. The summed E-state index contributed by atoms with van der Waals surface area (Å²) in [6.45, 7) is 6.65. The van der Waals surface area contributed by atoms with Gasteiger partial charge in [0.15, 0.2) is 6.10 Å². The van der Waals surface area contributed by atoms with E-state index in [1.165, 1.54) is 263 Å². The van der Waals surface area contributed by atoms with Crippen LogP contribution < -0.4 is 0 Å². The van der Waals surface area contributed by atoms with E-state index in [0.717, 1.165) is 83.5 Å². The number of esters is 3. The van der Waals surface area contributed by atoms with Crippen LogP contribution in [0.4, 0.5) is 0 Å². The van der Waals surface area contributed by atoms with Crippen LogP contribution in [0.25, 0.3) is 0 Å². The van der Waals surface area contributed by atoms with Crippen molar-refractivity contribution in [2.45, 2.75) is 393 Å². The molecule has 0 amide bonds. The minimum atomic E-state index is -0.782. The monoisotopic (exact) mass is 1150 g/mol. The number of unbranched alkanes of at least 4 members (excludes halogenated alkanes) is 46. The molecule has 1 unspecified atom stereocenters. The molecule has 0 saturated carbocycles. The Balaban J connectivity index is 4.21. The molecular weight excluding hydrogens is 1010 g/mol. The molecule has 0 fully saturated rings. The van der Waals surface area contributed by atoms with E-state index in [4.69, 9.17) is 14.2 Å². The van der Waals surface area contributed by atoms with E-state index in [2.05, 4.69) is 81.5 Å². The average molecular weight is 1150 g/mol. The van der Waals surface area contributed by atoms with Crippen LogP contribution in [0.3, 0.4) is 0 Å². The van der Waals surface area contributed by atoms with E-state index in [1.807, 2.05) is 0 Å². The number of rotatable bonds is 67. The van der Waals surface area contributed by atoms with E-state index in [-0.39, 0.29) is 31.1 Å². The van der Waals surface area contributed by atoms with Gasteiger partial charge in [-0.3, -0.25) is 14.4 Å². The van der Waals surface area contributed by atoms with Gasteiger partial charge in [-0.2, -0.15) is 0 Å². The molecule has 6 heteroatoms. The van der Waals surface area contributed by atoms with E-state index in [9.17, 15) is 14.4 Å². The first-order valence-electron chi connectivity index (χ1n) is 36.3. The van der Waals surface area contributed by atoms with Gasteiger partial charge in [0, 0.05) is 19.3 Å². The maximum absolute atomic E-state index is 12.9. The minimum Gasteiger partial charge on any atom is -0.462 e. The highest BCUT2D eigenvalue weighted by atomic mass is 16.6. The van der Waals surface area contributed by atoms with Crippen molar-refractivity contribution in [3.8, 4) is 0 Å². The molecule has 0 heterocycles. The second kappa shape index (κ2) is 70.6. The highest BCUT2D eigenvalue weighted by molar-refractivity contribution is 5.71. The summed E-state index contributed by atoms with van der Waals surface area (Å²) >= 11 is 0. The molecule has 478 valence electrons. The van der Waals surface area contributed by atoms with Gasteiger partial charge >= 0.3 is 17.9 Å². The van der Waals surface area contributed by atoms with Crippen LogP contribution in [0.5, 0.6) is 0 Å². The third kappa shape index (κ3) is 67.9. The van der Waals surface area contributed by atoms with Gasteiger partial charge in [-0.15, -0.1) is 0 Å². The van der Waals surface area contributed by atoms with Crippen molar-refractivity contribution in [1.29, 1.82) is 0 Å². The molecule has 0 aromatic carbocycles. The summed E-state index contributed by atoms with van der Waals surface area (Å²) in [6, 6.07) is 0. The molecule has 0 aromatic heterocycles. The van der Waals surface area contributed by atoms with Crippen LogP contribution in [0.15, 0.2) is 60.8 Å². The first-order chi connectivity index (χ1) is 40.5. The molecule has 0 aliphatic rings. The predicted octanol–water partition coefficient (Wildman–Crippen LogP) is 25.1. The number of ether oxygens (including phenoxy) is 3. The number of carbonyl (C=O) groups is 3. The van der Waals surface area contributed by atoms with Crippen molar-refractivity contribution >= 4 is 17.9 Å². The molecule has 0 rings (SSSR count). The molecule has 0 spiro atoms. The molecule has 1 atom stereocenters. The first-order valence-corrected chi connectivity index (χ1v) is 36.3. The van der Waals surface area contributed by atoms with Crippen molar-refractivity contribution in [2.24, 2.45) is 0 Å². The van der Waals surface area contributed by atoms with Gasteiger partial charge in [0.2, 0.25) is 0 Å². The summed E-state index contributed by atoms with van der Waals surface area (Å²) < 4.78 is 17.0. The molecule has 0 aliphatic carbocycles. The maximum Gasteiger partial charge on any atom is 0.306 e. The largest absolute Gasteiger partial charge is 0.462 e. The molecule has 82 heavy (non-hydrogen) atoms. The Labute approximate surface area is 510 Å². The van der Waals surface area contributed by atoms with E-state index >= 15 is 0 Å². The SMILES string of the molecule is CCCCCC/C=C\C/C=C\CCCCCCCCCC(=O)OC(COC(=O)CCCCCCC/C=C\CCCCCCCC)COC(=O)CCCCCCCCCCCCCCCCCCCCC/C=C\C/C=C\CCCCCCC. The third-order valence-corrected chi connectivity index (χ3v) is 16.2. The number of carbonyl (C=O) groups excluding carboxylic acids is 3. The Kier molecular flexibility index (Phi) is 68.1. The summed E-state index contributed by atoms with van der Waals surface area (Å²) in [7, 11) is 0. The topological polar surface area (TPSA) is 78.9 Å². The molecular formula is C76H138O6. The maximum atomic E-state index is 12.9. The van der Waals surface area contributed by atoms with Gasteiger partial charge in [0.05, 0.1) is 0 Å². The lowest BCUT2D eigenvalue weighted by Crippen LogP contribution is -2.30. The van der Waals surface area contributed by atoms with E-state index in [1.54, 1.807) is 0 Å². The van der Waals surface area contributed by atoms with Crippen LogP contribution in [-0.4, -0.2) is 37.2 Å². The second-order valence-electron chi connectivity index (χ2n) is 24.5. The van der Waals surface area contributed by atoms with E-state index in [0.29, 0.717) is 19.3 Å². The Morgan fingerprint density at radius 2 is 0.439 bits per heavy atom. The van der Waals surface area contributed by atoms with Crippen molar-refractivity contribution in [2.75, 3.05) is 13.2 Å². The van der Waals surface area contributed by atoms with Crippen LogP contribution in [-0.2, 0) is 28.6 Å². The lowest BCUT2D eigenvalue weighted by atomic mass is 10.0. The summed E-state index contributed by atoms with van der Waals surface area (Å²) in [5.74, 6) is -0.869. The Morgan fingerprint density at radius 3 is 0.695 bits per heavy atom. The van der Waals surface area contributed by atoms with Gasteiger partial charge in [-0.05, 0) is 109 Å². The molecule has 6 nitrogen and oxygen atoms in total. The van der Waals surface area contributed by atoms with Crippen molar-refractivity contribution in [3.63, 3.8) is 0 Å². The number of hydrogen-bond donors (Lipinski definition) is 0. The van der Waals surface area contributed by atoms with E-state index < -0.39 is 6.10 Å². The fraction of sp³-hybridized carbons (Fsp3) is 0.829. The standard InChI is InChI=1S/C76H138O6/c1-4-7-10-13-16-19-22-25-28-30-32-33-34-35-36-37-38-39-40-41-42-43-44-46-48-51-54-57-60-63-66-69-75(78)81-72-73(71-80-74(77)68-65-62-59-56-53-50-47-27-24-21-18-15-12-9-6-3)82-76(79)70-67-64-61-58-55-52-49-45-31-29-26-23-20-17-14-11-8-5-2/h20,22-23,25,27,29-32,47,73H,4-19,21,24,26,28,33-46,48-72H2,1-3H3/b23-20-,25-22-,31-29-,32-30-,47-27-.